The van der Waals surface area contributed by atoms with E-state index in [1.807, 2.05) is 6.07 Å². The molecule has 0 aliphatic heterocycles. The lowest BCUT2D eigenvalue weighted by molar-refractivity contribution is -0.384. The number of amides is 2. The van der Waals surface area contributed by atoms with Crippen molar-refractivity contribution in [2.45, 2.75) is 26.0 Å². The van der Waals surface area contributed by atoms with Crippen molar-refractivity contribution in [1.82, 2.24) is 5.32 Å². The van der Waals surface area contributed by atoms with E-state index in [1.54, 1.807) is 24.3 Å². The molecular weight excluding hydrogens is 394 g/mol. The molecule has 2 amide bonds. The largest absolute Gasteiger partial charge is 0.481 e. The smallest absolute Gasteiger partial charge is 0.306 e. The highest BCUT2D eigenvalue weighted by Crippen LogP contribution is 2.22. The molecule has 10 heteroatoms. The zero-order chi connectivity index (χ0) is 22.1. The van der Waals surface area contributed by atoms with Crippen LogP contribution in [0, 0.1) is 16.0 Å². The number of hydrogen-bond acceptors (Lipinski definition) is 6. The monoisotopic (exact) mass is 415 g/mol. The number of aliphatic carboxylic acids is 1. The zero-order valence-electron chi connectivity index (χ0n) is 16.1. The van der Waals surface area contributed by atoms with E-state index in [-0.39, 0.29) is 24.4 Å². The van der Waals surface area contributed by atoms with Crippen LogP contribution in [-0.2, 0) is 25.8 Å². The number of carbonyl (C=O) groups is 3. The summed E-state index contributed by atoms with van der Waals surface area (Å²) >= 11 is 0. The molecule has 2 N–H and O–H groups in total. The molecule has 1 unspecified atom stereocenters. The van der Waals surface area contributed by atoms with Crippen LogP contribution in [0.15, 0.2) is 54.6 Å². The van der Waals surface area contributed by atoms with Crippen LogP contribution >= 0.6 is 0 Å². The number of non-ortho nitro benzene ring substituents is 1. The van der Waals surface area contributed by atoms with Crippen LogP contribution in [0.4, 0.5) is 11.4 Å². The molecule has 0 aliphatic carbocycles. The summed E-state index contributed by atoms with van der Waals surface area (Å²) in [6.45, 7) is 1.42. The van der Waals surface area contributed by atoms with Gasteiger partial charge in [0, 0.05) is 12.1 Å². The third-order valence-electron chi connectivity index (χ3n) is 4.28. The van der Waals surface area contributed by atoms with Crippen LogP contribution in [0.3, 0.4) is 0 Å². The molecule has 0 fully saturated rings. The predicted octanol–water partition coefficient (Wildman–Crippen LogP) is 2.28. The molecule has 2 aromatic carbocycles. The van der Waals surface area contributed by atoms with E-state index >= 15 is 0 Å². The Morgan fingerprint density at radius 1 is 1.20 bits per heavy atom. The topological polar surface area (TPSA) is 139 Å². The van der Waals surface area contributed by atoms with Gasteiger partial charge in [-0.1, -0.05) is 37.3 Å². The van der Waals surface area contributed by atoms with Gasteiger partial charge in [-0.15, -0.1) is 0 Å². The van der Waals surface area contributed by atoms with Crippen molar-refractivity contribution in [1.29, 1.82) is 0 Å². The summed E-state index contributed by atoms with van der Waals surface area (Å²) < 4.78 is 0. The van der Waals surface area contributed by atoms with Crippen molar-refractivity contribution in [2.24, 2.45) is 5.92 Å². The van der Waals surface area contributed by atoms with Crippen molar-refractivity contribution >= 4 is 29.7 Å². The molecule has 2 aromatic rings. The Morgan fingerprint density at radius 2 is 1.83 bits per heavy atom. The Bertz CT molecular complexity index is 887. The number of hydrogen-bond donors (Lipinski definition) is 2. The molecule has 0 radical (unpaired) electrons. The fraction of sp³-hybridized carbons (Fsp3) is 0.250. The molecule has 0 saturated carbocycles. The molecule has 0 saturated heterocycles. The van der Waals surface area contributed by atoms with Gasteiger partial charge in [-0.3, -0.25) is 29.3 Å². The lowest BCUT2D eigenvalue weighted by Gasteiger charge is -2.27. The van der Waals surface area contributed by atoms with E-state index in [2.05, 4.69) is 5.32 Å². The van der Waals surface area contributed by atoms with Crippen molar-refractivity contribution in [2.75, 3.05) is 5.06 Å². The summed E-state index contributed by atoms with van der Waals surface area (Å²) in [6.07, 6.45) is 0.146. The number of nitrogens with zero attached hydrogens (tertiary/aromatic N) is 2. The van der Waals surface area contributed by atoms with E-state index in [1.165, 1.54) is 31.2 Å². The first-order chi connectivity index (χ1) is 14.3. The average molecular weight is 415 g/mol. The summed E-state index contributed by atoms with van der Waals surface area (Å²) in [5.74, 6) is -2.73. The first-order valence-electron chi connectivity index (χ1n) is 9.01. The second-order valence-corrected chi connectivity index (χ2v) is 6.48. The molecule has 0 aromatic heterocycles. The maximum atomic E-state index is 13.1. The number of hydroxylamine groups is 1. The molecule has 0 heterocycles. The highest BCUT2D eigenvalue weighted by Gasteiger charge is 2.30. The fourth-order valence-electron chi connectivity index (χ4n) is 2.61. The Labute approximate surface area is 172 Å². The maximum absolute atomic E-state index is 13.1. The van der Waals surface area contributed by atoms with Crippen LogP contribution in [0.5, 0.6) is 0 Å². The van der Waals surface area contributed by atoms with Crippen molar-refractivity contribution in [3.05, 3.63) is 70.3 Å². The SMILES string of the molecule is C[C@@H](CC(NC=O)C(=O)N(OCc1ccccc1)c1ccc([N+](=O)[O-])cc1)C(=O)O. The number of carbonyl (C=O) groups excluding carboxylic acids is 2. The van der Waals surface area contributed by atoms with Crippen LogP contribution < -0.4 is 10.4 Å². The van der Waals surface area contributed by atoms with Gasteiger partial charge < -0.3 is 10.4 Å². The number of carboxylic acid groups (broad SMARTS) is 1. The van der Waals surface area contributed by atoms with Gasteiger partial charge in [-0.05, 0) is 24.1 Å². The summed E-state index contributed by atoms with van der Waals surface area (Å²) in [5, 5.41) is 23.3. The molecule has 0 spiro atoms. The highest BCUT2D eigenvalue weighted by atomic mass is 16.7. The molecule has 2 rings (SSSR count). The summed E-state index contributed by atoms with van der Waals surface area (Å²) in [6, 6.07) is 12.9. The number of rotatable bonds is 11. The van der Waals surface area contributed by atoms with Gasteiger partial charge in [0.05, 0.1) is 16.5 Å². The summed E-state index contributed by atoms with van der Waals surface area (Å²) in [7, 11) is 0. The van der Waals surface area contributed by atoms with E-state index in [9.17, 15) is 24.5 Å². The molecule has 30 heavy (non-hydrogen) atoms. The fourth-order valence-corrected chi connectivity index (χ4v) is 2.61. The molecule has 0 bridgehead atoms. The van der Waals surface area contributed by atoms with E-state index in [0.29, 0.717) is 6.41 Å². The van der Waals surface area contributed by atoms with Crippen LogP contribution in [-0.4, -0.2) is 34.4 Å². The van der Waals surface area contributed by atoms with Gasteiger partial charge >= 0.3 is 5.97 Å². The van der Waals surface area contributed by atoms with E-state index in [0.717, 1.165) is 10.6 Å². The third kappa shape index (κ3) is 6.11. The van der Waals surface area contributed by atoms with Crippen LogP contribution in [0.1, 0.15) is 18.9 Å². The van der Waals surface area contributed by atoms with Gasteiger partial charge in [0.1, 0.15) is 12.6 Å². The quantitative estimate of drug-likeness (QED) is 0.326. The first kappa shape index (κ1) is 22.5. The van der Waals surface area contributed by atoms with E-state index in [4.69, 9.17) is 9.94 Å². The summed E-state index contributed by atoms with van der Waals surface area (Å²) in [4.78, 5) is 51.2. The molecule has 2 atom stereocenters. The number of anilines is 1. The standard InChI is InChI=1S/C20H21N3O7/c1-14(20(26)27)11-18(21-13-24)19(25)22(30-12-15-5-3-2-4-6-15)16-7-9-17(10-8-16)23(28)29/h2-10,13-14,18H,11-12H2,1H3,(H,21,24)(H,26,27)/t14-,18?/m0/s1. The molecule has 158 valence electrons. The lowest BCUT2D eigenvalue weighted by atomic mass is 10.0. The number of carboxylic acids is 1. The van der Waals surface area contributed by atoms with Crippen molar-refractivity contribution < 1.29 is 29.3 Å². The normalized spacial score (nSPS) is 12.4. The second kappa shape index (κ2) is 10.7. The van der Waals surface area contributed by atoms with Crippen molar-refractivity contribution in [3.63, 3.8) is 0 Å². The third-order valence-corrected chi connectivity index (χ3v) is 4.28. The molecule has 0 aliphatic rings. The second-order valence-electron chi connectivity index (χ2n) is 6.48. The Morgan fingerprint density at radius 3 is 2.37 bits per heavy atom. The summed E-state index contributed by atoms with van der Waals surface area (Å²) in [5.41, 5.74) is 0.787. The average Bonchev–Trinajstić information content (AvgIpc) is 2.74. The minimum Gasteiger partial charge on any atom is -0.481 e. The number of nitrogens with one attached hydrogen (secondary N) is 1. The van der Waals surface area contributed by atoms with Gasteiger partial charge in [-0.25, -0.2) is 0 Å². The molecule has 10 nitrogen and oxygen atoms in total. The van der Waals surface area contributed by atoms with Crippen molar-refractivity contribution in [3.8, 4) is 0 Å². The highest BCUT2D eigenvalue weighted by molar-refractivity contribution is 5.96. The van der Waals surface area contributed by atoms with Gasteiger partial charge in [0.25, 0.3) is 11.6 Å². The van der Waals surface area contributed by atoms with E-state index < -0.39 is 28.8 Å². The minimum atomic E-state index is -1.17. The number of benzene rings is 2. The maximum Gasteiger partial charge on any atom is 0.306 e. The molecular formula is C20H21N3O7. The predicted molar refractivity (Wildman–Crippen MR) is 106 cm³/mol. The number of nitro benzene ring substituents is 1. The van der Waals surface area contributed by atoms with Crippen LogP contribution in [0.2, 0.25) is 0 Å². The van der Waals surface area contributed by atoms with Gasteiger partial charge in [0.2, 0.25) is 6.41 Å². The Hall–Kier alpha value is -3.79. The Kier molecular flexibility index (Phi) is 8.00. The van der Waals surface area contributed by atoms with Gasteiger partial charge in [-0.2, -0.15) is 5.06 Å². The lowest BCUT2D eigenvalue weighted by Crippen LogP contribution is -2.47. The van der Waals surface area contributed by atoms with Gasteiger partial charge in [0.15, 0.2) is 0 Å². The number of nitro groups is 1. The minimum absolute atomic E-state index is 0.00581. The van der Waals surface area contributed by atoms with Crippen LogP contribution in [0.25, 0.3) is 0 Å². The Balaban J connectivity index is 2.31. The zero-order valence-corrected chi connectivity index (χ0v) is 16.1. The first-order valence-corrected chi connectivity index (χ1v) is 9.01.